The van der Waals surface area contributed by atoms with Crippen LogP contribution in [0.4, 0.5) is 0 Å². The minimum atomic E-state index is -0.153. The van der Waals surface area contributed by atoms with Gasteiger partial charge in [-0.1, -0.05) is 13.3 Å². The zero-order valence-corrected chi connectivity index (χ0v) is 13.4. The third kappa shape index (κ3) is 3.57. The number of piperidine rings is 2. The third-order valence-electron chi connectivity index (χ3n) is 5.14. The van der Waals surface area contributed by atoms with Crippen LogP contribution in [0.3, 0.4) is 0 Å². The first kappa shape index (κ1) is 16.3. The molecule has 2 heterocycles. The number of carbonyl (C=O) groups excluding carboxylic acids is 2. The maximum atomic E-state index is 13.0. The SMILES string of the molecule is CCCC1(C(=O)N2CCC(C(=O)NC)CC2)CCNCC1. The molecule has 2 amide bonds. The van der Waals surface area contributed by atoms with Crippen LogP contribution in [0.15, 0.2) is 0 Å². The summed E-state index contributed by atoms with van der Waals surface area (Å²) < 4.78 is 0. The van der Waals surface area contributed by atoms with E-state index in [0.717, 1.165) is 64.7 Å². The van der Waals surface area contributed by atoms with E-state index in [9.17, 15) is 9.59 Å². The Morgan fingerprint density at radius 3 is 2.38 bits per heavy atom. The summed E-state index contributed by atoms with van der Waals surface area (Å²) in [6, 6.07) is 0. The Hall–Kier alpha value is -1.10. The summed E-state index contributed by atoms with van der Waals surface area (Å²) in [7, 11) is 1.69. The van der Waals surface area contributed by atoms with Crippen molar-refractivity contribution in [3.05, 3.63) is 0 Å². The largest absolute Gasteiger partial charge is 0.359 e. The highest BCUT2D eigenvalue weighted by Crippen LogP contribution is 2.37. The molecule has 0 aromatic carbocycles. The lowest BCUT2D eigenvalue weighted by atomic mass is 9.73. The Morgan fingerprint density at radius 1 is 1.24 bits per heavy atom. The van der Waals surface area contributed by atoms with Gasteiger partial charge in [-0.25, -0.2) is 0 Å². The summed E-state index contributed by atoms with van der Waals surface area (Å²) in [6.07, 6.45) is 5.55. The first-order valence-electron chi connectivity index (χ1n) is 8.34. The summed E-state index contributed by atoms with van der Waals surface area (Å²) in [6.45, 7) is 5.52. The summed E-state index contributed by atoms with van der Waals surface area (Å²) >= 11 is 0. The van der Waals surface area contributed by atoms with Crippen LogP contribution in [0.25, 0.3) is 0 Å². The van der Waals surface area contributed by atoms with Crippen LogP contribution in [-0.4, -0.2) is 49.9 Å². The quantitative estimate of drug-likeness (QED) is 0.817. The topological polar surface area (TPSA) is 61.4 Å². The van der Waals surface area contributed by atoms with E-state index in [0.29, 0.717) is 5.91 Å². The summed E-state index contributed by atoms with van der Waals surface area (Å²) in [5, 5.41) is 6.08. The van der Waals surface area contributed by atoms with Gasteiger partial charge in [-0.2, -0.15) is 0 Å². The van der Waals surface area contributed by atoms with Gasteiger partial charge in [-0.3, -0.25) is 9.59 Å². The van der Waals surface area contributed by atoms with Crippen molar-refractivity contribution in [2.45, 2.75) is 45.4 Å². The monoisotopic (exact) mass is 295 g/mol. The molecule has 5 nitrogen and oxygen atoms in total. The second kappa shape index (κ2) is 7.25. The van der Waals surface area contributed by atoms with E-state index < -0.39 is 0 Å². The van der Waals surface area contributed by atoms with Crippen molar-refractivity contribution in [1.29, 1.82) is 0 Å². The Bertz CT molecular complexity index is 364. The average Bonchev–Trinajstić information content (AvgIpc) is 2.54. The number of carbonyl (C=O) groups is 2. The predicted octanol–water partition coefficient (Wildman–Crippen LogP) is 1.14. The second-order valence-corrected chi connectivity index (χ2v) is 6.46. The molecule has 2 fully saturated rings. The lowest BCUT2D eigenvalue weighted by Gasteiger charge is -2.42. The lowest BCUT2D eigenvalue weighted by molar-refractivity contribution is -0.147. The van der Waals surface area contributed by atoms with Gasteiger partial charge in [0, 0.05) is 26.1 Å². The van der Waals surface area contributed by atoms with Gasteiger partial charge in [0.1, 0.15) is 0 Å². The molecule has 2 aliphatic rings. The molecule has 5 heteroatoms. The van der Waals surface area contributed by atoms with Crippen molar-refractivity contribution in [2.75, 3.05) is 33.2 Å². The molecule has 2 saturated heterocycles. The van der Waals surface area contributed by atoms with E-state index in [1.165, 1.54) is 0 Å². The number of hydrogen-bond donors (Lipinski definition) is 2. The lowest BCUT2D eigenvalue weighted by Crippen LogP contribution is -2.52. The Kier molecular flexibility index (Phi) is 5.62. The van der Waals surface area contributed by atoms with Crippen molar-refractivity contribution >= 4 is 11.8 Å². The molecule has 0 aromatic rings. The number of nitrogens with one attached hydrogen (secondary N) is 2. The van der Waals surface area contributed by atoms with Gasteiger partial charge in [-0.15, -0.1) is 0 Å². The standard InChI is InChI=1S/C16H29N3O2/c1-3-6-16(7-9-18-10-8-16)15(21)19-11-4-13(5-12-19)14(20)17-2/h13,18H,3-12H2,1-2H3,(H,17,20). The van der Waals surface area contributed by atoms with Gasteiger partial charge < -0.3 is 15.5 Å². The van der Waals surface area contributed by atoms with Crippen LogP contribution in [0.2, 0.25) is 0 Å². The molecule has 0 bridgehead atoms. The van der Waals surface area contributed by atoms with E-state index >= 15 is 0 Å². The molecule has 2 N–H and O–H groups in total. The van der Waals surface area contributed by atoms with Gasteiger partial charge in [-0.05, 0) is 45.2 Å². The molecule has 2 rings (SSSR count). The number of likely N-dealkylation sites (tertiary alicyclic amines) is 1. The number of amides is 2. The first-order valence-corrected chi connectivity index (χ1v) is 8.34. The number of hydrogen-bond acceptors (Lipinski definition) is 3. The normalized spacial score (nSPS) is 22.9. The molecule has 0 aromatic heterocycles. The van der Waals surface area contributed by atoms with Crippen LogP contribution >= 0.6 is 0 Å². The highest BCUT2D eigenvalue weighted by Gasteiger charge is 2.42. The highest BCUT2D eigenvalue weighted by molar-refractivity contribution is 5.84. The molecule has 0 unspecified atom stereocenters. The van der Waals surface area contributed by atoms with E-state index in [-0.39, 0.29) is 17.2 Å². The van der Waals surface area contributed by atoms with E-state index in [2.05, 4.69) is 17.6 Å². The summed E-state index contributed by atoms with van der Waals surface area (Å²) in [5.41, 5.74) is -0.153. The fourth-order valence-electron chi connectivity index (χ4n) is 3.84. The number of nitrogens with zero attached hydrogens (tertiary/aromatic N) is 1. The van der Waals surface area contributed by atoms with Crippen molar-refractivity contribution in [3.8, 4) is 0 Å². The molecule has 0 radical (unpaired) electrons. The van der Waals surface area contributed by atoms with Gasteiger partial charge in [0.05, 0.1) is 5.41 Å². The van der Waals surface area contributed by atoms with Crippen LogP contribution in [0.5, 0.6) is 0 Å². The molecule has 120 valence electrons. The molecular weight excluding hydrogens is 266 g/mol. The van der Waals surface area contributed by atoms with Crippen molar-refractivity contribution in [3.63, 3.8) is 0 Å². The fourth-order valence-corrected chi connectivity index (χ4v) is 3.84. The third-order valence-corrected chi connectivity index (χ3v) is 5.14. The van der Waals surface area contributed by atoms with E-state index in [1.807, 2.05) is 4.90 Å². The van der Waals surface area contributed by atoms with Gasteiger partial charge in [0.2, 0.25) is 11.8 Å². The zero-order chi connectivity index (χ0) is 15.3. The predicted molar refractivity (Wildman–Crippen MR) is 82.8 cm³/mol. The molecule has 21 heavy (non-hydrogen) atoms. The Labute approximate surface area is 127 Å². The maximum absolute atomic E-state index is 13.0. The van der Waals surface area contributed by atoms with Gasteiger partial charge >= 0.3 is 0 Å². The van der Waals surface area contributed by atoms with Crippen LogP contribution in [0, 0.1) is 11.3 Å². The maximum Gasteiger partial charge on any atom is 0.228 e. The van der Waals surface area contributed by atoms with Crippen LogP contribution in [0.1, 0.15) is 45.4 Å². The summed E-state index contributed by atoms with van der Waals surface area (Å²) in [5.74, 6) is 0.530. The average molecular weight is 295 g/mol. The van der Waals surface area contributed by atoms with Gasteiger partial charge in [0.25, 0.3) is 0 Å². The molecule has 0 atom stereocenters. The smallest absolute Gasteiger partial charge is 0.228 e. The minimum Gasteiger partial charge on any atom is -0.359 e. The van der Waals surface area contributed by atoms with Crippen molar-refractivity contribution < 1.29 is 9.59 Å². The van der Waals surface area contributed by atoms with E-state index in [1.54, 1.807) is 7.05 Å². The van der Waals surface area contributed by atoms with Gasteiger partial charge in [0.15, 0.2) is 0 Å². The fraction of sp³-hybridized carbons (Fsp3) is 0.875. The first-order chi connectivity index (χ1) is 10.1. The van der Waals surface area contributed by atoms with Crippen molar-refractivity contribution in [1.82, 2.24) is 15.5 Å². The highest BCUT2D eigenvalue weighted by atomic mass is 16.2. The molecule has 2 aliphatic heterocycles. The zero-order valence-electron chi connectivity index (χ0n) is 13.4. The van der Waals surface area contributed by atoms with Crippen LogP contribution in [-0.2, 0) is 9.59 Å². The Balaban J connectivity index is 1.97. The summed E-state index contributed by atoms with van der Waals surface area (Å²) in [4.78, 5) is 26.7. The molecule has 0 aliphatic carbocycles. The molecule has 0 spiro atoms. The van der Waals surface area contributed by atoms with Crippen LogP contribution < -0.4 is 10.6 Å². The number of rotatable bonds is 4. The second-order valence-electron chi connectivity index (χ2n) is 6.46. The minimum absolute atomic E-state index is 0.0780. The molecule has 0 saturated carbocycles. The Morgan fingerprint density at radius 2 is 1.86 bits per heavy atom. The van der Waals surface area contributed by atoms with Crippen molar-refractivity contribution in [2.24, 2.45) is 11.3 Å². The van der Waals surface area contributed by atoms with E-state index in [4.69, 9.17) is 0 Å². The molecular formula is C16H29N3O2.